The number of benzene rings is 1. The molecule has 0 saturated heterocycles. The molecule has 4 aromatic rings. The van der Waals surface area contributed by atoms with Crippen molar-refractivity contribution in [3.05, 3.63) is 54.9 Å². The van der Waals surface area contributed by atoms with Crippen LogP contribution in [0.15, 0.2) is 59.3 Å². The average Bonchev–Trinajstić information content (AvgIpc) is 3.23. The number of imidazole rings is 1. The molecule has 1 aromatic carbocycles. The SMILES string of the molecule is CC(=O)Nc1cccc(Nc2cc3c(cn2)nc(-c2ccco2)n3C)c1. The van der Waals surface area contributed by atoms with Crippen LogP contribution >= 0.6 is 0 Å². The van der Waals surface area contributed by atoms with Crippen molar-refractivity contribution >= 4 is 34.1 Å². The first-order valence-electron chi connectivity index (χ1n) is 8.11. The molecule has 7 nitrogen and oxygen atoms in total. The van der Waals surface area contributed by atoms with Crippen molar-refractivity contribution in [2.24, 2.45) is 7.05 Å². The van der Waals surface area contributed by atoms with Crippen LogP contribution in [0.5, 0.6) is 0 Å². The zero-order chi connectivity index (χ0) is 18.1. The molecule has 3 heterocycles. The van der Waals surface area contributed by atoms with Crippen molar-refractivity contribution in [3.63, 3.8) is 0 Å². The van der Waals surface area contributed by atoms with E-state index in [9.17, 15) is 4.79 Å². The summed E-state index contributed by atoms with van der Waals surface area (Å²) in [6.07, 6.45) is 3.35. The first-order valence-corrected chi connectivity index (χ1v) is 8.11. The summed E-state index contributed by atoms with van der Waals surface area (Å²) < 4.78 is 7.41. The normalized spacial score (nSPS) is 10.8. The molecule has 0 unspecified atom stereocenters. The van der Waals surface area contributed by atoms with Gasteiger partial charge in [-0.2, -0.15) is 0 Å². The molecule has 0 aliphatic heterocycles. The molecular formula is C19H17N5O2. The van der Waals surface area contributed by atoms with Crippen LogP contribution in [0.4, 0.5) is 17.2 Å². The van der Waals surface area contributed by atoms with Gasteiger partial charge in [0.2, 0.25) is 5.91 Å². The molecule has 2 N–H and O–H groups in total. The number of aryl methyl sites for hydroxylation is 1. The topological polar surface area (TPSA) is 85.0 Å². The van der Waals surface area contributed by atoms with Gasteiger partial charge in [-0.05, 0) is 30.3 Å². The number of fused-ring (bicyclic) bond motifs is 1. The summed E-state index contributed by atoms with van der Waals surface area (Å²) in [5.74, 6) is 2.03. The monoisotopic (exact) mass is 347 g/mol. The summed E-state index contributed by atoms with van der Waals surface area (Å²) >= 11 is 0. The van der Waals surface area contributed by atoms with Gasteiger partial charge in [-0.15, -0.1) is 0 Å². The predicted molar refractivity (Wildman–Crippen MR) is 100 cm³/mol. The zero-order valence-electron chi connectivity index (χ0n) is 14.4. The average molecular weight is 347 g/mol. The highest BCUT2D eigenvalue weighted by Crippen LogP contribution is 2.26. The predicted octanol–water partition coefficient (Wildman–Crippen LogP) is 3.93. The van der Waals surface area contributed by atoms with E-state index >= 15 is 0 Å². The highest BCUT2D eigenvalue weighted by atomic mass is 16.3. The van der Waals surface area contributed by atoms with Crippen molar-refractivity contribution in [2.75, 3.05) is 10.6 Å². The minimum Gasteiger partial charge on any atom is -0.461 e. The number of anilines is 3. The largest absolute Gasteiger partial charge is 0.461 e. The van der Waals surface area contributed by atoms with E-state index in [2.05, 4.69) is 20.6 Å². The zero-order valence-corrected chi connectivity index (χ0v) is 14.4. The van der Waals surface area contributed by atoms with Crippen molar-refractivity contribution in [3.8, 4) is 11.6 Å². The van der Waals surface area contributed by atoms with E-state index in [0.29, 0.717) is 11.6 Å². The van der Waals surface area contributed by atoms with Crippen LogP contribution in [0.3, 0.4) is 0 Å². The summed E-state index contributed by atoms with van der Waals surface area (Å²) in [6, 6.07) is 13.1. The quantitative estimate of drug-likeness (QED) is 0.584. The van der Waals surface area contributed by atoms with Gasteiger partial charge < -0.3 is 19.6 Å². The van der Waals surface area contributed by atoms with E-state index in [0.717, 1.165) is 28.2 Å². The van der Waals surface area contributed by atoms with Crippen LogP contribution < -0.4 is 10.6 Å². The molecule has 0 saturated carbocycles. The van der Waals surface area contributed by atoms with Gasteiger partial charge in [0.1, 0.15) is 11.3 Å². The lowest BCUT2D eigenvalue weighted by Crippen LogP contribution is -2.05. The van der Waals surface area contributed by atoms with Crippen molar-refractivity contribution in [2.45, 2.75) is 6.92 Å². The van der Waals surface area contributed by atoms with Crippen molar-refractivity contribution in [1.29, 1.82) is 0 Å². The van der Waals surface area contributed by atoms with Crippen LogP contribution in [0.25, 0.3) is 22.6 Å². The van der Waals surface area contributed by atoms with Crippen molar-refractivity contribution < 1.29 is 9.21 Å². The molecule has 0 aliphatic carbocycles. The van der Waals surface area contributed by atoms with E-state index in [1.807, 2.05) is 54.1 Å². The summed E-state index contributed by atoms with van der Waals surface area (Å²) in [5, 5.41) is 6.02. The lowest BCUT2D eigenvalue weighted by molar-refractivity contribution is -0.114. The van der Waals surface area contributed by atoms with Gasteiger partial charge >= 0.3 is 0 Å². The first-order chi connectivity index (χ1) is 12.6. The highest BCUT2D eigenvalue weighted by Gasteiger charge is 2.13. The fourth-order valence-corrected chi connectivity index (χ4v) is 2.82. The lowest BCUT2D eigenvalue weighted by Gasteiger charge is -2.08. The number of hydrogen-bond donors (Lipinski definition) is 2. The second-order valence-electron chi connectivity index (χ2n) is 5.92. The number of pyridine rings is 1. The van der Waals surface area contributed by atoms with Gasteiger partial charge in [0, 0.05) is 31.4 Å². The minimum atomic E-state index is -0.109. The Morgan fingerprint density at radius 1 is 1.15 bits per heavy atom. The Kier molecular flexibility index (Phi) is 3.89. The molecule has 0 aliphatic rings. The number of nitrogens with one attached hydrogen (secondary N) is 2. The van der Waals surface area contributed by atoms with Crippen LogP contribution in [0.1, 0.15) is 6.92 Å². The van der Waals surface area contributed by atoms with Crippen LogP contribution in [-0.4, -0.2) is 20.4 Å². The Morgan fingerprint density at radius 2 is 2.00 bits per heavy atom. The Bertz CT molecular complexity index is 1080. The molecule has 4 rings (SSSR count). The highest BCUT2D eigenvalue weighted by molar-refractivity contribution is 5.89. The molecule has 3 aromatic heterocycles. The maximum absolute atomic E-state index is 11.2. The molecule has 0 spiro atoms. The molecule has 0 atom stereocenters. The summed E-state index contributed by atoms with van der Waals surface area (Å²) in [4.78, 5) is 20.2. The minimum absolute atomic E-state index is 0.109. The number of furan rings is 1. The van der Waals surface area contributed by atoms with Gasteiger partial charge in [0.15, 0.2) is 11.6 Å². The van der Waals surface area contributed by atoms with Gasteiger partial charge in [-0.25, -0.2) is 9.97 Å². The van der Waals surface area contributed by atoms with Gasteiger partial charge in [0.05, 0.1) is 18.0 Å². The Balaban J connectivity index is 1.66. The van der Waals surface area contributed by atoms with E-state index in [-0.39, 0.29) is 5.91 Å². The Hall–Kier alpha value is -3.61. The second-order valence-corrected chi connectivity index (χ2v) is 5.92. The number of carbonyl (C=O) groups is 1. The Labute approximate surface area is 149 Å². The lowest BCUT2D eigenvalue weighted by atomic mass is 10.2. The summed E-state index contributed by atoms with van der Waals surface area (Å²) in [6.45, 7) is 1.48. The van der Waals surface area contributed by atoms with E-state index in [1.54, 1.807) is 12.5 Å². The fourth-order valence-electron chi connectivity index (χ4n) is 2.82. The number of hydrogen-bond acceptors (Lipinski definition) is 5. The molecule has 0 radical (unpaired) electrons. The maximum Gasteiger partial charge on any atom is 0.221 e. The number of nitrogens with zero attached hydrogens (tertiary/aromatic N) is 3. The molecule has 7 heteroatoms. The van der Waals surface area contributed by atoms with E-state index in [4.69, 9.17) is 4.42 Å². The summed E-state index contributed by atoms with van der Waals surface area (Å²) in [7, 11) is 1.94. The third kappa shape index (κ3) is 3.02. The third-order valence-electron chi connectivity index (χ3n) is 3.96. The second kappa shape index (κ2) is 6.36. The smallest absolute Gasteiger partial charge is 0.221 e. The van der Waals surface area contributed by atoms with Crippen LogP contribution in [0, 0.1) is 0 Å². The molecule has 1 amide bonds. The first kappa shape index (κ1) is 15.9. The molecule has 130 valence electrons. The fraction of sp³-hybridized carbons (Fsp3) is 0.105. The van der Waals surface area contributed by atoms with Crippen LogP contribution in [-0.2, 0) is 11.8 Å². The molecule has 0 bridgehead atoms. The standard InChI is InChI=1S/C19H17N5O2/c1-12(25)21-13-5-3-6-14(9-13)22-18-10-16-15(11-20-18)23-19(24(16)2)17-7-4-8-26-17/h3-11H,1-2H3,(H,20,22)(H,21,25). The number of carbonyl (C=O) groups excluding carboxylic acids is 1. The van der Waals surface area contributed by atoms with Gasteiger partial charge in [0.25, 0.3) is 0 Å². The van der Waals surface area contributed by atoms with E-state index < -0.39 is 0 Å². The Morgan fingerprint density at radius 3 is 2.77 bits per heavy atom. The van der Waals surface area contributed by atoms with Gasteiger partial charge in [-0.3, -0.25) is 4.79 Å². The van der Waals surface area contributed by atoms with Crippen molar-refractivity contribution in [1.82, 2.24) is 14.5 Å². The van der Waals surface area contributed by atoms with E-state index in [1.165, 1.54) is 6.92 Å². The third-order valence-corrected chi connectivity index (χ3v) is 3.96. The van der Waals surface area contributed by atoms with Crippen LogP contribution in [0.2, 0.25) is 0 Å². The maximum atomic E-state index is 11.2. The number of rotatable bonds is 4. The molecule has 26 heavy (non-hydrogen) atoms. The number of aromatic nitrogens is 3. The van der Waals surface area contributed by atoms with Gasteiger partial charge in [-0.1, -0.05) is 6.07 Å². The molecule has 0 fully saturated rings. The molecular weight excluding hydrogens is 330 g/mol. The summed E-state index contributed by atoms with van der Waals surface area (Å²) in [5.41, 5.74) is 3.28. The number of amides is 1.